The standard InChI is InChI=1S/C20H28N2OS2/c1-16-9-11-22(12-10-16)18(19-7-4-14-25-19)15-21-20(23)8-2-5-17-6-3-13-24-17/h3-4,6-7,13-14,16,18H,2,5,8-12,15H2,1H3,(H,21,23). The van der Waals surface area contributed by atoms with Crippen LogP contribution in [0, 0.1) is 5.92 Å². The summed E-state index contributed by atoms with van der Waals surface area (Å²) in [6, 6.07) is 8.87. The van der Waals surface area contributed by atoms with Gasteiger partial charge in [-0.1, -0.05) is 19.1 Å². The second-order valence-electron chi connectivity index (χ2n) is 6.99. The van der Waals surface area contributed by atoms with E-state index in [1.54, 1.807) is 22.7 Å². The average Bonchev–Trinajstić information content (AvgIpc) is 3.30. The number of amides is 1. The first-order valence-electron chi connectivity index (χ1n) is 9.29. The Hall–Kier alpha value is -1.17. The summed E-state index contributed by atoms with van der Waals surface area (Å²) in [6.45, 7) is 5.34. The van der Waals surface area contributed by atoms with Gasteiger partial charge < -0.3 is 5.32 Å². The predicted octanol–water partition coefficient (Wildman–Crippen LogP) is 4.72. The smallest absolute Gasteiger partial charge is 0.220 e. The lowest BCUT2D eigenvalue weighted by Crippen LogP contribution is -2.41. The lowest BCUT2D eigenvalue weighted by Gasteiger charge is -2.36. The first-order chi connectivity index (χ1) is 12.2. The van der Waals surface area contributed by atoms with Crippen LogP contribution in [-0.4, -0.2) is 30.4 Å². The van der Waals surface area contributed by atoms with E-state index in [0.717, 1.165) is 38.4 Å². The topological polar surface area (TPSA) is 32.3 Å². The number of nitrogens with one attached hydrogen (secondary N) is 1. The minimum absolute atomic E-state index is 0.184. The van der Waals surface area contributed by atoms with Crippen molar-refractivity contribution in [1.29, 1.82) is 0 Å². The summed E-state index contributed by atoms with van der Waals surface area (Å²) < 4.78 is 0. The molecule has 1 fully saturated rings. The van der Waals surface area contributed by atoms with Crippen molar-refractivity contribution in [2.24, 2.45) is 5.92 Å². The van der Waals surface area contributed by atoms with Gasteiger partial charge in [0.1, 0.15) is 0 Å². The number of aryl methyl sites for hydroxylation is 1. The lowest BCUT2D eigenvalue weighted by atomic mass is 9.97. The summed E-state index contributed by atoms with van der Waals surface area (Å²) >= 11 is 3.57. The van der Waals surface area contributed by atoms with Gasteiger partial charge in [0.2, 0.25) is 5.91 Å². The zero-order valence-corrected chi connectivity index (χ0v) is 16.6. The molecule has 136 valence electrons. The third kappa shape index (κ3) is 5.66. The second-order valence-corrected chi connectivity index (χ2v) is 9.00. The van der Waals surface area contributed by atoms with Crippen molar-refractivity contribution in [2.75, 3.05) is 19.6 Å². The Morgan fingerprint density at radius 1 is 1.24 bits per heavy atom. The van der Waals surface area contributed by atoms with Crippen LogP contribution in [0.5, 0.6) is 0 Å². The molecular weight excluding hydrogens is 348 g/mol. The van der Waals surface area contributed by atoms with E-state index in [1.165, 1.54) is 22.6 Å². The van der Waals surface area contributed by atoms with Gasteiger partial charge in [0, 0.05) is 22.7 Å². The molecule has 1 unspecified atom stereocenters. The third-order valence-electron chi connectivity index (χ3n) is 5.03. The third-order valence-corrected chi connectivity index (χ3v) is 6.94. The van der Waals surface area contributed by atoms with Gasteiger partial charge in [0.05, 0.1) is 6.04 Å². The molecule has 0 aliphatic carbocycles. The van der Waals surface area contributed by atoms with Crippen molar-refractivity contribution in [3.8, 4) is 0 Å². The SMILES string of the molecule is CC1CCN(C(CNC(=O)CCCc2cccs2)c2cccs2)CC1. The van der Waals surface area contributed by atoms with E-state index < -0.39 is 0 Å². The van der Waals surface area contributed by atoms with Crippen molar-refractivity contribution in [2.45, 2.75) is 45.1 Å². The van der Waals surface area contributed by atoms with Gasteiger partial charge in [0.25, 0.3) is 0 Å². The van der Waals surface area contributed by atoms with Gasteiger partial charge in [-0.15, -0.1) is 22.7 Å². The van der Waals surface area contributed by atoms with Crippen LogP contribution in [0.2, 0.25) is 0 Å². The van der Waals surface area contributed by atoms with E-state index in [9.17, 15) is 4.79 Å². The Kier molecular flexibility index (Phi) is 7.08. The Labute approximate surface area is 159 Å². The molecule has 3 rings (SSSR count). The van der Waals surface area contributed by atoms with Crippen LogP contribution in [0.4, 0.5) is 0 Å². The molecule has 0 spiro atoms. The largest absolute Gasteiger partial charge is 0.354 e. The highest BCUT2D eigenvalue weighted by Gasteiger charge is 2.25. The Balaban J connectivity index is 1.47. The highest BCUT2D eigenvalue weighted by molar-refractivity contribution is 7.10. The van der Waals surface area contributed by atoms with Gasteiger partial charge in [0.15, 0.2) is 0 Å². The molecule has 0 bridgehead atoms. The maximum absolute atomic E-state index is 12.3. The van der Waals surface area contributed by atoms with E-state index in [0.29, 0.717) is 12.5 Å². The number of nitrogens with zero attached hydrogens (tertiary/aromatic N) is 1. The van der Waals surface area contributed by atoms with E-state index in [2.05, 4.69) is 52.2 Å². The van der Waals surface area contributed by atoms with Crippen LogP contribution < -0.4 is 5.32 Å². The molecule has 2 aromatic rings. The van der Waals surface area contributed by atoms with Crippen molar-refractivity contribution in [3.63, 3.8) is 0 Å². The first-order valence-corrected chi connectivity index (χ1v) is 11.0. The number of hydrogen-bond acceptors (Lipinski definition) is 4. The van der Waals surface area contributed by atoms with Crippen LogP contribution in [0.25, 0.3) is 0 Å². The molecule has 0 saturated carbocycles. The molecule has 1 atom stereocenters. The Morgan fingerprint density at radius 3 is 2.68 bits per heavy atom. The monoisotopic (exact) mass is 376 g/mol. The number of rotatable bonds is 8. The van der Waals surface area contributed by atoms with E-state index in [4.69, 9.17) is 0 Å². The Morgan fingerprint density at radius 2 is 2.00 bits per heavy atom. The predicted molar refractivity (Wildman–Crippen MR) is 107 cm³/mol. The lowest BCUT2D eigenvalue weighted by molar-refractivity contribution is -0.121. The maximum Gasteiger partial charge on any atom is 0.220 e. The molecule has 1 aliphatic heterocycles. The first kappa shape index (κ1) is 18.6. The number of carbonyl (C=O) groups excluding carboxylic acids is 1. The molecule has 25 heavy (non-hydrogen) atoms. The van der Waals surface area contributed by atoms with Gasteiger partial charge in [-0.05, 0) is 67.6 Å². The summed E-state index contributed by atoms with van der Waals surface area (Å²) in [5, 5.41) is 7.42. The molecule has 0 radical (unpaired) electrons. The van der Waals surface area contributed by atoms with Crippen molar-refractivity contribution >= 4 is 28.6 Å². The van der Waals surface area contributed by atoms with Crippen LogP contribution in [0.3, 0.4) is 0 Å². The fourth-order valence-electron chi connectivity index (χ4n) is 3.41. The Bertz CT molecular complexity index is 616. The molecule has 2 aromatic heterocycles. The molecule has 3 nitrogen and oxygen atoms in total. The fourth-order valence-corrected chi connectivity index (χ4v) is 5.02. The molecule has 0 aromatic carbocycles. The summed E-state index contributed by atoms with van der Waals surface area (Å²) in [4.78, 5) is 17.5. The van der Waals surface area contributed by atoms with Crippen LogP contribution in [0.1, 0.15) is 48.4 Å². The fraction of sp³-hybridized carbons (Fsp3) is 0.550. The van der Waals surface area contributed by atoms with Crippen molar-refractivity contribution in [1.82, 2.24) is 10.2 Å². The van der Waals surface area contributed by atoms with Crippen LogP contribution in [-0.2, 0) is 11.2 Å². The van der Waals surface area contributed by atoms with Crippen LogP contribution >= 0.6 is 22.7 Å². The van der Waals surface area contributed by atoms with Crippen molar-refractivity contribution < 1.29 is 4.79 Å². The van der Waals surface area contributed by atoms with Gasteiger partial charge >= 0.3 is 0 Å². The average molecular weight is 377 g/mol. The zero-order valence-electron chi connectivity index (χ0n) is 14.9. The molecule has 1 saturated heterocycles. The molecule has 5 heteroatoms. The molecule has 1 amide bonds. The van der Waals surface area contributed by atoms with E-state index in [-0.39, 0.29) is 5.91 Å². The highest BCUT2D eigenvalue weighted by Crippen LogP contribution is 2.29. The highest BCUT2D eigenvalue weighted by atomic mass is 32.1. The maximum atomic E-state index is 12.3. The zero-order chi connectivity index (χ0) is 17.5. The molecular formula is C20H28N2OS2. The van der Waals surface area contributed by atoms with E-state index in [1.807, 2.05) is 0 Å². The number of carbonyl (C=O) groups is 1. The summed E-state index contributed by atoms with van der Waals surface area (Å²) in [6.07, 6.45) is 5.07. The van der Waals surface area contributed by atoms with Gasteiger partial charge in [-0.2, -0.15) is 0 Å². The molecule has 3 heterocycles. The summed E-state index contributed by atoms with van der Waals surface area (Å²) in [5.74, 6) is 1.01. The van der Waals surface area contributed by atoms with Crippen LogP contribution in [0.15, 0.2) is 35.0 Å². The number of hydrogen-bond donors (Lipinski definition) is 1. The minimum atomic E-state index is 0.184. The number of thiophene rings is 2. The number of likely N-dealkylation sites (tertiary alicyclic amines) is 1. The second kappa shape index (κ2) is 9.51. The number of piperidine rings is 1. The normalized spacial score (nSPS) is 17.5. The minimum Gasteiger partial charge on any atom is -0.354 e. The van der Waals surface area contributed by atoms with Gasteiger partial charge in [-0.25, -0.2) is 0 Å². The van der Waals surface area contributed by atoms with Crippen molar-refractivity contribution in [3.05, 3.63) is 44.8 Å². The summed E-state index contributed by atoms with van der Waals surface area (Å²) in [5.41, 5.74) is 0. The summed E-state index contributed by atoms with van der Waals surface area (Å²) in [7, 11) is 0. The van der Waals surface area contributed by atoms with Gasteiger partial charge in [-0.3, -0.25) is 9.69 Å². The van der Waals surface area contributed by atoms with E-state index >= 15 is 0 Å². The molecule has 1 aliphatic rings. The quantitative estimate of drug-likeness (QED) is 0.723. The molecule has 1 N–H and O–H groups in total.